The number of carbonyl (C=O) groups is 1. The van der Waals surface area contributed by atoms with Crippen molar-refractivity contribution >= 4 is 42.8 Å². The van der Waals surface area contributed by atoms with Gasteiger partial charge in [0.15, 0.2) is 0 Å². The van der Waals surface area contributed by atoms with E-state index in [1.165, 1.54) is 4.31 Å². The minimum atomic E-state index is -3.57. The summed E-state index contributed by atoms with van der Waals surface area (Å²) < 4.78 is 29.8. The van der Waals surface area contributed by atoms with Crippen molar-refractivity contribution in [2.45, 2.75) is 4.90 Å². The van der Waals surface area contributed by atoms with Crippen LogP contribution in [0.2, 0.25) is 0 Å². The Morgan fingerprint density at radius 2 is 1.71 bits per heavy atom. The number of nitrogens with zero attached hydrogens (tertiary/aromatic N) is 3. The molecule has 1 aliphatic rings. The third kappa shape index (κ3) is 3.36. The van der Waals surface area contributed by atoms with Crippen molar-refractivity contribution < 1.29 is 13.2 Å². The first-order valence-corrected chi connectivity index (χ1v) is 11.2. The van der Waals surface area contributed by atoms with Crippen LogP contribution in [0.3, 0.4) is 0 Å². The van der Waals surface area contributed by atoms with Crippen molar-refractivity contribution in [3.8, 4) is 0 Å². The Balaban J connectivity index is 1.52. The Labute approximate surface area is 172 Å². The number of aryl methyl sites for hydroxylation is 1. The predicted molar refractivity (Wildman–Crippen MR) is 112 cm³/mol. The Hall–Kier alpha value is -2.16. The maximum absolute atomic E-state index is 13.0. The summed E-state index contributed by atoms with van der Waals surface area (Å²) in [4.78, 5) is 15.0. The average molecular weight is 462 g/mol. The number of amides is 1. The topological polar surface area (TPSA) is 62.6 Å². The second kappa shape index (κ2) is 7.35. The molecule has 0 spiro atoms. The quantitative estimate of drug-likeness (QED) is 0.601. The van der Waals surface area contributed by atoms with Gasteiger partial charge in [0.05, 0.1) is 10.5 Å². The molecule has 1 aliphatic heterocycles. The average Bonchev–Trinajstić information content (AvgIpc) is 3.04. The lowest BCUT2D eigenvalue weighted by Gasteiger charge is -2.34. The van der Waals surface area contributed by atoms with E-state index >= 15 is 0 Å². The van der Waals surface area contributed by atoms with Crippen molar-refractivity contribution in [2.75, 3.05) is 26.2 Å². The molecule has 2 aromatic carbocycles. The number of benzene rings is 2. The fourth-order valence-electron chi connectivity index (χ4n) is 3.59. The standard InChI is InChI=1S/C20H20BrN3O3S/c1-22-14-18(17-7-2-3-8-19(17)22)20(25)23-9-11-24(12-10-23)28(26,27)16-6-4-5-15(21)13-16/h2-8,13-14H,9-12H2,1H3. The summed E-state index contributed by atoms with van der Waals surface area (Å²) in [6, 6.07) is 14.5. The molecule has 0 saturated carbocycles. The third-order valence-corrected chi connectivity index (χ3v) is 7.47. The molecule has 0 bridgehead atoms. The van der Waals surface area contributed by atoms with Gasteiger partial charge < -0.3 is 9.47 Å². The number of hydrogen-bond donors (Lipinski definition) is 0. The van der Waals surface area contributed by atoms with Gasteiger partial charge in [0.2, 0.25) is 10.0 Å². The zero-order chi connectivity index (χ0) is 19.9. The Morgan fingerprint density at radius 1 is 1.00 bits per heavy atom. The molecule has 1 fully saturated rings. The lowest BCUT2D eigenvalue weighted by molar-refractivity contribution is 0.0699. The number of halogens is 1. The Kier molecular flexibility index (Phi) is 5.03. The van der Waals surface area contributed by atoms with Gasteiger partial charge in [-0.2, -0.15) is 4.31 Å². The molecule has 0 radical (unpaired) electrons. The molecule has 28 heavy (non-hydrogen) atoms. The summed E-state index contributed by atoms with van der Waals surface area (Å²) in [7, 11) is -1.65. The fraction of sp³-hybridized carbons (Fsp3) is 0.250. The van der Waals surface area contributed by atoms with Gasteiger partial charge >= 0.3 is 0 Å². The van der Waals surface area contributed by atoms with E-state index in [-0.39, 0.29) is 23.9 Å². The molecule has 3 aromatic rings. The molecule has 0 atom stereocenters. The van der Waals surface area contributed by atoms with Crippen LogP contribution in [-0.2, 0) is 17.1 Å². The van der Waals surface area contributed by atoms with E-state index in [1.54, 1.807) is 29.2 Å². The summed E-state index contributed by atoms with van der Waals surface area (Å²) in [6.45, 7) is 1.31. The summed E-state index contributed by atoms with van der Waals surface area (Å²) in [5.41, 5.74) is 1.66. The smallest absolute Gasteiger partial charge is 0.256 e. The highest BCUT2D eigenvalue weighted by molar-refractivity contribution is 9.10. The van der Waals surface area contributed by atoms with Crippen LogP contribution in [0, 0.1) is 0 Å². The minimum absolute atomic E-state index is 0.0590. The maximum Gasteiger partial charge on any atom is 0.256 e. The van der Waals surface area contributed by atoms with E-state index in [0.717, 1.165) is 15.4 Å². The van der Waals surface area contributed by atoms with Gasteiger partial charge in [-0.1, -0.05) is 40.2 Å². The van der Waals surface area contributed by atoms with Crippen LogP contribution < -0.4 is 0 Å². The minimum Gasteiger partial charge on any atom is -0.350 e. The van der Waals surface area contributed by atoms with Crippen molar-refractivity contribution in [1.82, 2.24) is 13.8 Å². The van der Waals surface area contributed by atoms with E-state index < -0.39 is 10.0 Å². The number of fused-ring (bicyclic) bond motifs is 1. The summed E-state index contributed by atoms with van der Waals surface area (Å²) in [5.74, 6) is -0.0590. The molecular weight excluding hydrogens is 442 g/mol. The van der Waals surface area contributed by atoms with Crippen LogP contribution in [-0.4, -0.2) is 54.3 Å². The van der Waals surface area contributed by atoms with Crippen molar-refractivity contribution in [1.29, 1.82) is 0 Å². The van der Waals surface area contributed by atoms with Crippen molar-refractivity contribution in [3.05, 3.63) is 64.8 Å². The molecule has 6 nitrogen and oxygen atoms in total. The molecule has 1 amide bonds. The summed E-state index contributed by atoms with van der Waals surface area (Å²) in [5, 5.41) is 0.916. The maximum atomic E-state index is 13.0. The normalized spacial score (nSPS) is 15.9. The van der Waals surface area contributed by atoms with Gasteiger partial charge in [0.1, 0.15) is 0 Å². The second-order valence-electron chi connectivity index (χ2n) is 6.82. The fourth-order valence-corrected chi connectivity index (χ4v) is 5.61. The van der Waals surface area contributed by atoms with Crippen LogP contribution in [0.4, 0.5) is 0 Å². The third-order valence-electron chi connectivity index (χ3n) is 5.09. The lowest BCUT2D eigenvalue weighted by Crippen LogP contribution is -2.50. The molecule has 0 N–H and O–H groups in total. The first-order chi connectivity index (χ1) is 13.4. The van der Waals surface area contributed by atoms with Crippen LogP contribution in [0.15, 0.2) is 64.1 Å². The SMILES string of the molecule is Cn1cc(C(=O)N2CCN(S(=O)(=O)c3cccc(Br)c3)CC2)c2ccccc21. The number of sulfonamides is 1. The monoisotopic (exact) mass is 461 g/mol. The largest absolute Gasteiger partial charge is 0.350 e. The number of rotatable bonds is 3. The number of para-hydroxylation sites is 1. The highest BCUT2D eigenvalue weighted by atomic mass is 79.9. The first-order valence-electron chi connectivity index (χ1n) is 8.97. The lowest BCUT2D eigenvalue weighted by atomic mass is 10.1. The van der Waals surface area contributed by atoms with Gasteiger partial charge in [-0.3, -0.25) is 4.79 Å². The molecule has 0 unspecified atom stereocenters. The predicted octanol–water partition coefficient (Wildman–Crippen LogP) is 3.09. The molecular formula is C20H20BrN3O3S. The van der Waals surface area contributed by atoms with E-state index in [0.29, 0.717) is 18.7 Å². The summed E-state index contributed by atoms with van der Waals surface area (Å²) in [6.07, 6.45) is 1.84. The van der Waals surface area contributed by atoms with Gasteiger partial charge in [-0.25, -0.2) is 8.42 Å². The van der Waals surface area contributed by atoms with Gasteiger partial charge in [-0.05, 0) is 24.3 Å². The van der Waals surface area contributed by atoms with Gasteiger partial charge in [-0.15, -0.1) is 0 Å². The molecule has 0 aliphatic carbocycles. The number of aromatic nitrogens is 1. The van der Waals surface area contributed by atoms with E-state index in [1.807, 2.05) is 42.1 Å². The number of piperazine rings is 1. The van der Waals surface area contributed by atoms with E-state index in [2.05, 4.69) is 15.9 Å². The van der Waals surface area contributed by atoms with Crippen molar-refractivity contribution in [3.63, 3.8) is 0 Å². The molecule has 146 valence electrons. The number of carbonyl (C=O) groups excluding carboxylic acids is 1. The Bertz CT molecular complexity index is 1150. The number of hydrogen-bond acceptors (Lipinski definition) is 3. The van der Waals surface area contributed by atoms with E-state index in [4.69, 9.17) is 0 Å². The molecule has 2 heterocycles. The van der Waals surface area contributed by atoms with Crippen molar-refractivity contribution in [2.24, 2.45) is 7.05 Å². The summed E-state index contributed by atoms with van der Waals surface area (Å²) >= 11 is 3.32. The molecule has 4 rings (SSSR count). The van der Waals surface area contributed by atoms with Crippen LogP contribution in [0.5, 0.6) is 0 Å². The Morgan fingerprint density at radius 3 is 2.43 bits per heavy atom. The van der Waals surface area contributed by atoms with Crippen LogP contribution >= 0.6 is 15.9 Å². The van der Waals surface area contributed by atoms with E-state index in [9.17, 15) is 13.2 Å². The molecule has 1 aromatic heterocycles. The molecule has 1 saturated heterocycles. The van der Waals surface area contributed by atoms with Crippen LogP contribution in [0.1, 0.15) is 10.4 Å². The second-order valence-corrected chi connectivity index (χ2v) is 9.68. The highest BCUT2D eigenvalue weighted by Crippen LogP contribution is 2.24. The molecule has 8 heteroatoms. The zero-order valence-electron chi connectivity index (χ0n) is 15.4. The zero-order valence-corrected chi connectivity index (χ0v) is 17.8. The highest BCUT2D eigenvalue weighted by Gasteiger charge is 2.31. The van der Waals surface area contributed by atoms with Gasteiger partial charge in [0.25, 0.3) is 5.91 Å². The first kappa shape index (κ1) is 19.2. The van der Waals surface area contributed by atoms with Crippen LogP contribution in [0.25, 0.3) is 10.9 Å². The van der Waals surface area contributed by atoms with Gasteiger partial charge in [0, 0.05) is 54.8 Å².